The normalized spacial score (nSPS) is 27.0. The largest absolute Gasteiger partial charge is 0.476 e. The molecule has 1 saturated heterocycles. The Morgan fingerprint density at radius 3 is 2.63 bits per heavy atom. The molecule has 2 unspecified atom stereocenters. The lowest BCUT2D eigenvalue weighted by molar-refractivity contribution is -0.0730. The summed E-state index contributed by atoms with van der Waals surface area (Å²) >= 11 is 0. The second-order valence-electron chi connectivity index (χ2n) is 4.95. The number of ether oxygens (including phenoxy) is 3. The number of aromatic nitrogens is 1. The Bertz CT molecular complexity index is 415. The lowest BCUT2D eigenvalue weighted by Crippen LogP contribution is -2.35. The van der Waals surface area contributed by atoms with E-state index in [-0.39, 0.29) is 18.3 Å². The number of nitrogens with two attached hydrogens (primary N) is 1. The van der Waals surface area contributed by atoms with Gasteiger partial charge >= 0.3 is 0 Å². The van der Waals surface area contributed by atoms with Gasteiger partial charge < -0.3 is 19.9 Å². The van der Waals surface area contributed by atoms with Crippen LogP contribution in [0.5, 0.6) is 11.8 Å². The van der Waals surface area contributed by atoms with Crippen molar-refractivity contribution in [2.24, 2.45) is 0 Å². The summed E-state index contributed by atoms with van der Waals surface area (Å²) in [5.41, 5.74) is 6.32. The fourth-order valence-electron chi connectivity index (χ4n) is 2.36. The van der Waals surface area contributed by atoms with Crippen LogP contribution in [-0.4, -0.2) is 29.9 Å². The Balaban J connectivity index is 2.04. The molecule has 5 heteroatoms. The van der Waals surface area contributed by atoms with Crippen molar-refractivity contribution in [2.75, 3.05) is 12.3 Å². The summed E-state index contributed by atoms with van der Waals surface area (Å²) in [6.07, 6.45) is 2.31. The van der Waals surface area contributed by atoms with Gasteiger partial charge in [0.05, 0.1) is 24.5 Å². The van der Waals surface area contributed by atoms with Crippen LogP contribution in [0.4, 0.5) is 5.69 Å². The number of rotatable bonds is 4. The molecule has 106 valence electrons. The first kappa shape index (κ1) is 13.9. The van der Waals surface area contributed by atoms with Crippen LogP contribution in [0.25, 0.3) is 0 Å². The number of anilines is 1. The van der Waals surface area contributed by atoms with E-state index in [1.54, 1.807) is 12.1 Å². The van der Waals surface area contributed by atoms with E-state index in [0.717, 1.165) is 12.8 Å². The van der Waals surface area contributed by atoms with E-state index >= 15 is 0 Å². The fourth-order valence-corrected chi connectivity index (χ4v) is 2.36. The van der Waals surface area contributed by atoms with E-state index < -0.39 is 0 Å². The second kappa shape index (κ2) is 6.10. The highest BCUT2D eigenvalue weighted by atomic mass is 16.5. The van der Waals surface area contributed by atoms with Crippen molar-refractivity contribution in [2.45, 2.75) is 51.9 Å². The molecule has 1 fully saturated rings. The van der Waals surface area contributed by atoms with Gasteiger partial charge in [-0.05, 0) is 26.8 Å². The second-order valence-corrected chi connectivity index (χ2v) is 4.95. The summed E-state index contributed by atoms with van der Waals surface area (Å²) in [6, 6.07) is 3.54. The molecule has 0 amide bonds. The summed E-state index contributed by atoms with van der Waals surface area (Å²) in [5, 5.41) is 0. The van der Waals surface area contributed by atoms with Crippen molar-refractivity contribution < 1.29 is 14.2 Å². The first-order valence-electron chi connectivity index (χ1n) is 6.80. The van der Waals surface area contributed by atoms with Crippen molar-refractivity contribution in [3.63, 3.8) is 0 Å². The monoisotopic (exact) mass is 266 g/mol. The average Bonchev–Trinajstić information content (AvgIpc) is 2.32. The van der Waals surface area contributed by atoms with Gasteiger partial charge in [-0.15, -0.1) is 0 Å². The summed E-state index contributed by atoms with van der Waals surface area (Å²) in [7, 11) is 0. The molecule has 1 aromatic rings. The van der Waals surface area contributed by atoms with Crippen molar-refractivity contribution in [1.82, 2.24) is 4.98 Å². The van der Waals surface area contributed by atoms with Crippen molar-refractivity contribution in [1.29, 1.82) is 0 Å². The number of hydrogen-bond acceptors (Lipinski definition) is 5. The average molecular weight is 266 g/mol. The topological polar surface area (TPSA) is 66.6 Å². The number of nitrogen functional groups attached to an aromatic ring is 1. The van der Waals surface area contributed by atoms with Crippen LogP contribution in [-0.2, 0) is 4.74 Å². The standard InChI is InChI=1S/C14H22N2O3/c1-4-17-14-12(15)5-6-13(16-14)19-11-7-9(2)18-10(3)8-11/h5-6,9-11H,4,7-8,15H2,1-3H3. The number of pyridine rings is 1. The van der Waals surface area contributed by atoms with Gasteiger partial charge in [0.25, 0.3) is 0 Å². The highest BCUT2D eigenvalue weighted by Gasteiger charge is 2.26. The third-order valence-electron chi connectivity index (χ3n) is 3.09. The van der Waals surface area contributed by atoms with Gasteiger partial charge in [-0.2, -0.15) is 4.98 Å². The minimum Gasteiger partial charge on any atom is -0.476 e. The van der Waals surface area contributed by atoms with E-state index in [1.165, 1.54) is 0 Å². The highest BCUT2D eigenvalue weighted by molar-refractivity contribution is 5.49. The minimum atomic E-state index is 0.129. The molecule has 1 aliphatic heterocycles. The van der Waals surface area contributed by atoms with Crippen LogP contribution in [0, 0.1) is 0 Å². The van der Waals surface area contributed by atoms with Gasteiger partial charge in [-0.25, -0.2) is 0 Å². The molecule has 0 spiro atoms. The molecule has 0 aliphatic carbocycles. The SMILES string of the molecule is CCOc1nc(OC2CC(C)OC(C)C2)ccc1N. The van der Waals surface area contributed by atoms with E-state index in [4.69, 9.17) is 19.9 Å². The molecule has 0 saturated carbocycles. The summed E-state index contributed by atoms with van der Waals surface area (Å²) < 4.78 is 17.0. The zero-order chi connectivity index (χ0) is 13.8. The molecule has 2 heterocycles. The maximum atomic E-state index is 5.91. The van der Waals surface area contributed by atoms with Gasteiger partial charge in [0.1, 0.15) is 6.10 Å². The van der Waals surface area contributed by atoms with E-state index in [2.05, 4.69) is 18.8 Å². The Kier molecular flexibility index (Phi) is 4.47. The van der Waals surface area contributed by atoms with E-state index in [9.17, 15) is 0 Å². The molecule has 0 bridgehead atoms. The van der Waals surface area contributed by atoms with Crippen molar-refractivity contribution in [3.05, 3.63) is 12.1 Å². The van der Waals surface area contributed by atoms with Crippen LogP contribution in [0.1, 0.15) is 33.6 Å². The molecule has 0 radical (unpaired) electrons. The van der Waals surface area contributed by atoms with Crippen LogP contribution in [0.15, 0.2) is 12.1 Å². The van der Waals surface area contributed by atoms with Crippen molar-refractivity contribution in [3.8, 4) is 11.8 Å². The molecule has 19 heavy (non-hydrogen) atoms. The highest BCUT2D eigenvalue weighted by Crippen LogP contribution is 2.26. The molecular weight excluding hydrogens is 244 g/mol. The Hall–Kier alpha value is -1.49. The summed E-state index contributed by atoms with van der Waals surface area (Å²) in [5.74, 6) is 0.997. The van der Waals surface area contributed by atoms with Gasteiger partial charge in [0.15, 0.2) is 0 Å². The van der Waals surface area contributed by atoms with Gasteiger partial charge in [0.2, 0.25) is 11.8 Å². The van der Waals surface area contributed by atoms with Gasteiger partial charge in [-0.3, -0.25) is 0 Å². The minimum absolute atomic E-state index is 0.129. The Labute approximate surface area is 114 Å². The predicted molar refractivity (Wildman–Crippen MR) is 73.5 cm³/mol. The molecule has 2 atom stereocenters. The van der Waals surface area contributed by atoms with Crippen LogP contribution in [0.3, 0.4) is 0 Å². The maximum Gasteiger partial charge on any atom is 0.240 e. The van der Waals surface area contributed by atoms with Gasteiger partial charge in [-0.1, -0.05) is 0 Å². The van der Waals surface area contributed by atoms with Crippen LogP contribution >= 0.6 is 0 Å². The molecular formula is C14H22N2O3. The van der Waals surface area contributed by atoms with Crippen molar-refractivity contribution >= 4 is 5.69 Å². The first-order chi connectivity index (χ1) is 9.08. The van der Waals surface area contributed by atoms with E-state index in [1.807, 2.05) is 6.92 Å². The molecule has 1 aromatic heterocycles. The number of nitrogens with zero attached hydrogens (tertiary/aromatic N) is 1. The molecule has 5 nitrogen and oxygen atoms in total. The summed E-state index contributed by atoms with van der Waals surface area (Å²) in [6.45, 7) is 6.56. The smallest absolute Gasteiger partial charge is 0.240 e. The lowest BCUT2D eigenvalue weighted by Gasteiger charge is -2.31. The maximum absolute atomic E-state index is 5.91. The zero-order valence-electron chi connectivity index (χ0n) is 11.8. The third-order valence-corrected chi connectivity index (χ3v) is 3.09. The van der Waals surface area contributed by atoms with Crippen LogP contribution in [0.2, 0.25) is 0 Å². The molecule has 0 aromatic carbocycles. The molecule has 2 rings (SSSR count). The fraction of sp³-hybridized carbons (Fsp3) is 0.643. The zero-order valence-corrected chi connectivity index (χ0v) is 11.8. The Morgan fingerprint density at radius 2 is 2.00 bits per heavy atom. The third kappa shape index (κ3) is 3.73. The van der Waals surface area contributed by atoms with Gasteiger partial charge in [0, 0.05) is 18.9 Å². The Morgan fingerprint density at radius 1 is 1.32 bits per heavy atom. The number of hydrogen-bond donors (Lipinski definition) is 1. The first-order valence-corrected chi connectivity index (χ1v) is 6.80. The molecule has 1 aliphatic rings. The van der Waals surface area contributed by atoms with E-state index in [0.29, 0.717) is 24.1 Å². The molecule has 2 N–H and O–H groups in total. The predicted octanol–water partition coefficient (Wildman–Crippen LogP) is 2.40. The quantitative estimate of drug-likeness (QED) is 0.906. The van der Waals surface area contributed by atoms with Crippen LogP contribution < -0.4 is 15.2 Å². The lowest BCUT2D eigenvalue weighted by atomic mass is 10.0. The summed E-state index contributed by atoms with van der Waals surface area (Å²) in [4.78, 5) is 4.30.